The second-order valence-corrected chi connectivity index (χ2v) is 4.40. The van der Waals surface area contributed by atoms with Crippen LogP contribution in [0.2, 0.25) is 0 Å². The zero-order valence-corrected chi connectivity index (χ0v) is 8.40. The SMILES string of the molecule is OC1CSCC1CCOCC(F)(F)F. The highest BCUT2D eigenvalue weighted by Crippen LogP contribution is 2.26. The third kappa shape index (κ3) is 4.52. The van der Waals surface area contributed by atoms with Crippen molar-refractivity contribution in [2.24, 2.45) is 5.92 Å². The lowest BCUT2D eigenvalue weighted by molar-refractivity contribution is -0.174. The zero-order chi connectivity index (χ0) is 10.6. The summed E-state index contributed by atoms with van der Waals surface area (Å²) in [7, 11) is 0. The smallest absolute Gasteiger partial charge is 0.392 e. The summed E-state index contributed by atoms with van der Waals surface area (Å²) >= 11 is 1.63. The summed E-state index contributed by atoms with van der Waals surface area (Å²) in [5, 5.41) is 9.35. The van der Waals surface area contributed by atoms with Crippen LogP contribution in [0.15, 0.2) is 0 Å². The molecule has 0 aromatic heterocycles. The molecule has 0 radical (unpaired) electrons. The van der Waals surface area contributed by atoms with Crippen LogP contribution in [0.4, 0.5) is 13.2 Å². The van der Waals surface area contributed by atoms with Crippen LogP contribution < -0.4 is 0 Å². The van der Waals surface area contributed by atoms with Crippen molar-refractivity contribution in [1.82, 2.24) is 0 Å². The molecule has 1 aliphatic rings. The maximum atomic E-state index is 11.7. The Morgan fingerprint density at radius 1 is 1.36 bits per heavy atom. The van der Waals surface area contributed by atoms with Gasteiger partial charge >= 0.3 is 6.18 Å². The molecule has 0 amide bonds. The zero-order valence-electron chi connectivity index (χ0n) is 7.59. The summed E-state index contributed by atoms with van der Waals surface area (Å²) in [5.41, 5.74) is 0. The van der Waals surface area contributed by atoms with E-state index in [0.29, 0.717) is 12.2 Å². The van der Waals surface area contributed by atoms with E-state index in [4.69, 9.17) is 0 Å². The summed E-state index contributed by atoms with van der Waals surface area (Å²) in [5.74, 6) is 1.59. The van der Waals surface area contributed by atoms with E-state index in [1.807, 2.05) is 0 Å². The van der Waals surface area contributed by atoms with Crippen molar-refractivity contribution in [3.8, 4) is 0 Å². The Hall–Kier alpha value is 0.0600. The highest BCUT2D eigenvalue weighted by Gasteiger charge is 2.29. The van der Waals surface area contributed by atoms with Crippen LogP contribution in [0.25, 0.3) is 0 Å². The predicted octanol–water partition coefficient (Wildman–Crippen LogP) is 1.68. The molecule has 84 valence electrons. The maximum absolute atomic E-state index is 11.7. The van der Waals surface area contributed by atoms with Crippen LogP contribution in [-0.2, 0) is 4.74 Å². The fourth-order valence-corrected chi connectivity index (χ4v) is 2.63. The van der Waals surface area contributed by atoms with Gasteiger partial charge in [0.1, 0.15) is 6.61 Å². The molecule has 1 N–H and O–H groups in total. The molecule has 1 fully saturated rings. The van der Waals surface area contributed by atoms with E-state index in [9.17, 15) is 18.3 Å². The number of thioether (sulfide) groups is 1. The lowest BCUT2D eigenvalue weighted by Crippen LogP contribution is -2.22. The monoisotopic (exact) mass is 230 g/mol. The van der Waals surface area contributed by atoms with Crippen LogP contribution in [0.1, 0.15) is 6.42 Å². The normalized spacial score (nSPS) is 28.3. The van der Waals surface area contributed by atoms with E-state index >= 15 is 0 Å². The summed E-state index contributed by atoms with van der Waals surface area (Å²) in [6.45, 7) is -1.12. The maximum Gasteiger partial charge on any atom is 0.411 e. The Morgan fingerprint density at radius 2 is 2.07 bits per heavy atom. The first-order chi connectivity index (χ1) is 6.49. The highest BCUT2D eigenvalue weighted by atomic mass is 32.2. The molecule has 1 saturated heterocycles. The second kappa shape index (κ2) is 5.23. The highest BCUT2D eigenvalue weighted by molar-refractivity contribution is 7.99. The Labute approximate surface area is 84.8 Å². The molecule has 0 aromatic carbocycles. The van der Waals surface area contributed by atoms with Gasteiger partial charge in [-0.1, -0.05) is 0 Å². The molecule has 1 rings (SSSR count). The van der Waals surface area contributed by atoms with Crippen molar-refractivity contribution in [1.29, 1.82) is 0 Å². The minimum Gasteiger partial charge on any atom is -0.392 e. The molecule has 0 saturated carbocycles. The van der Waals surface area contributed by atoms with E-state index in [1.165, 1.54) is 0 Å². The van der Waals surface area contributed by atoms with Gasteiger partial charge in [-0.2, -0.15) is 24.9 Å². The predicted molar refractivity (Wildman–Crippen MR) is 48.3 cm³/mol. The molecule has 0 aromatic rings. The second-order valence-electron chi connectivity index (χ2n) is 3.32. The van der Waals surface area contributed by atoms with Gasteiger partial charge in [-0.15, -0.1) is 0 Å². The molecule has 14 heavy (non-hydrogen) atoms. The lowest BCUT2D eigenvalue weighted by atomic mass is 10.0. The Morgan fingerprint density at radius 3 is 2.57 bits per heavy atom. The number of hydrogen-bond acceptors (Lipinski definition) is 3. The molecule has 6 heteroatoms. The molecule has 1 aliphatic heterocycles. The summed E-state index contributed by atoms with van der Waals surface area (Å²) < 4.78 is 39.4. The van der Waals surface area contributed by atoms with Gasteiger partial charge < -0.3 is 9.84 Å². The van der Waals surface area contributed by atoms with Crippen LogP contribution in [0, 0.1) is 5.92 Å². The first-order valence-corrected chi connectivity index (χ1v) is 5.55. The number of alkyl halides is 3. The summed E-state index contributed by atoms with van der Waals surface area (Å²) in [4.78, 5) is 0. The van der Waals surface area contributed by atoms with Gasteiger partial charge in [0.05, 0.1) is 6.10 Å². The largest absolute Gasteiger partial charge is 0.411 e. The minimum absolute atomic E-state index is 0.0712. The van der Waals surface area contributed by atoms with Gasteiger partial charge in [0, 0.05) is 12.4 Å². The topological polar surface area (TPSA) is 29.5 Å². The summed E-state index contributed by atoms with van der Waals surface area (Å²) in [6.07, 6.45) is -4.12. The van der Waals surface area contributed by atoms with Crippen molar-refractivity contribution in [2.45, 2.75) is 18.7 Å². The Kier molecular flexibility index (Phi) is 4.53. The van der Waals surface area contributed by atoms with Crippen molar-refractivity contribution >= 4 is 11.8 Å². The van der Waals surface area contributed by atoms with Crippen molar-refractivity contribution in [3.05, 3.63) is 0 Å². The third-order valence-corrected chi connectivity index (χ3v) is 3.30. The lowest BCUT2D eigenvalue weighted by Gasteiger charge is -2.13. The van der Waals surface area contributed by atoms with E-state index in [0.717, 1.165) is 5.75 Å². The third-order valence-electron chi connectivity index (χ3n) is 2.06. The fourth-order valence-electron chi connectivity index (χ4n) is 1.29. The Bertz CT molecular complexity index is 174. The molecule has 0 aliphatic carbocycles. The van der Waals surface area contributed by atoms with Gasteiger partial charge in [-0.3, -0.25) is 0 Å². The van der Waals surface area contributed by atoms with Crippen molar-refractivity contribution in [3.63, 3.8) is 0 Å². The quantitative estimate of drug-likeness (QED) is 0.745. The van der Waals surface area contributed by atoms with E-state index in [1.54, 1.807) is 11.8 Å². The molecule has 0 bridgehead atoms. The van der Waals surface area contributed by atoms with Crippen LogP contribution in [0.5, 0.6) is 0 Å². The van der Waals surface area contributed by atoms with Gasteiger partial charge in [0.15, 0.2) is 0 Å². The van der Waals surface area contributed by atoms with Crippen molar-refractivity contribution < 1.29 is 23.0 Å². The molecule has 0 spiro atoms. The molecular weight excluding hydrogens is 217 g/mol. The molecule has 1 heterocycles. The van der Waals surface area contributed by atoms with Crippen LogP contribution in [-0.4, -0.2) is 42.1 Å². The van der Waals surface area contributed by atoms with E-state index < -0.39 is 12.8 Å². The fraction of sp³-hybridized carbons (Fsp3) is 1.00. The van der Waals surface area contributed by atoms with Gasteiger partial charge in [0.2, 0.25) is 0 Å². The van der Waals surface area contributed by atoms with Gasteiger partial charge in [-0.25, -0.2) is 0 Å². The number of rotatable bonds is 4. The molecular formula is C8H13F3O2S. The molecule has 2 atom stereocenters. The van der Waals surface area contributed by atoms with E-state index in [2.05, 4.69) is 4.74 Å². The van der Waals surface area contributed by atoms with Crippen LogP contribution >= 0.6 is 11.8 Å². The first-order valence-electron chi connectivity index (χ1n) is 4.39. The van der Waals surface area contributed by atoms with E-state index in [-0.39, 0.29) is 18.6 Å². The number of aliphatic hydroxyl groups is 1. The summed E-state index contributed by atoms with van der Waals surface area (Å²) in [6, 6.07) is 0. The Balaban J connectivity index is 2.04. The van der Waals surface area contributed by atoms with Gasteiger partial charge in [0.25, 0.3) is 0 Å². The minimum atomic E-state index is -4.25. The van der Waals surface area contributed by atoms with Crippen molar-refractivity contribution in [2.75, 3.05) is 24.7 Å². The average molecular weight is 230 g/mol. The molecule has 2 nitrogen and oxygen atoms in total. The number of aliphatic hydroxyl groups excluding tert-OH is 1. The number of hydrogen-bond donors (Lipinski definition) is 1. The standard InChI is InChI=1S/C8H13F3O2S/c9-8(10,11)5-13-2-1-6-3-14-4-7(6)12/h6-7,12H,1-5H2. The number of halogens is 3. The molecule has 2 unspecified atom stereocenters. The first kappa shape index (κ1) is 12.1. The average Bonchev–Trinajstić information content (AvgIpc) is 2.44. The number of ether oxygens (including phenoxy) is 1. The van der Waals surface area contributed by atoms with Crippen LogP contribution in [0.3, 0.4) is 0 Å². The van der Waals surface area contributed by atoms with Gasteiger partial charge in [-0.05, 0) is 18.1 Å².